The molecule has 13 rings (SSSR count). The van der Waals surface area contributed by atoms with Gasteiger partial charge in [0.05, 0.1) is 11.4 Å². The Morgan fingerprint density at radius 1 is 0.216 bits per heavy atom. The Morgan fingerprint density at radius 3 is 0.931 bits per heavy atom. The van der Waals surface area contributed by atoms with E-state index >= 15 is 0 Å². The first-order chi connectivity index (χ1) is 50.2. The molecule has 0 atom stereocenters. The summed E-state index contributed by atoms with van der Waals surface area (Å²) in [6.07, 6.45) is 39.4. The van der Waals surface area contributed by atoms with Gasteiger partial charge in [0.2, 0.25) is 0 Å². The molecule has 102 heavy (non-hydrogen) atoms. The molecule has 0 fully saturated rings. The van der Waals surface area contributed by atoms with Crippen molar-refractivity contribution in [2.75, 3.05) is 0 Å². The molecule has 0 unspecified atom stereocenters. The van der Waals surface area contributed by atoms with Gasteiger partial charge < -0.3 is 0 Å². The van der Waals surface area contributed by atoms with E-state index in [-0.39, 0.29) is 10.8 Å². The molecule has 522 valence electrons. The minimum Gasteiger partial charge on any atom is -0.256 e. The third-order valence-corrected chi connectivity index (χ3v) is 23.3. The number of rotatable bonds is 36. The van der Waals surface area contributed by atoms with E-state index in [0.29, 0.717) is 0 Å². The molecule has 2 aliphatic carbocycles. The van der Waals surface area contributed by atoms with Gasteiger partial charge in [-0.2, -0.15) is 0 Å². The summed E-state index contributed by atoms with van der Waals surface area (Å²) in [6, 6.07) is 85.0. The van der Waals surface area contributed by atoms with Gasteiger partial charge in [-0.1, -0.05) is 326 Å². The summed E-state index contributed by atoms with van der Waals surface area (Å²) >= 11 is 0. The predicted octanol–water partition coefficient (Wildman–Crippen LogP) is 30.0. The van der Waals surface area contributed by atoms with E-state index in [1.54, 1.807) is 11.1 Å². The van der Waals surface area contributed by atoms with E-state index in [0.717, 1.165) is 40.9 Å². The van der Waals surface area contributed by atoms with Crippen LogP contribution in [0.5, 0.6) is 0 Å². The molecule has 0 bridgehead atoms. The van der Waals surface area contributed by atoms with E-state index in [2.05, 4.69) is 248 Å². The number of benzene rings is 9. The Labute approximate surface area is 614 Å². The molecule has 2 aliphatic rings. The van der Waals surface area contributed by atoms with Crippen LogP contribution < -0.4 is 0 Å². The van der Waals surface area contributed by atoms with Gasteiger partial charge in [-0.15, -0.1) is 0 Å². The van der Waals surface area contributed by atoms with Crippen LogP contribution >= 0.6 is 0 Å². The molecule has 0 aliphatic heterocycles. The SMILES string of the molecule is CCCCCCCCC1(CCCCCCCC)c2cc(C)ccc2-c2ccc(-c3cc(-c4cc(-c5ccccn5)cc(-c5ccccn5)c4)cc(-c4ccc5c(c4)C(CCCCCCCC)(CCCCCCCC)c4cc(-c6cccc(-c7ccccc7-c7cccc(C)c7)c6)ccc4-5)c3)cc21. The predicted molar refractivity (Wildman–Crippen MR) is 439 cm³/mol. The van der Waals surface area contributed by atoms with Crippen LogP contribution in [-0.2, 0) is 10.8 Å². The first kappa shape index (κ1) is 71.7. The number of aromatic nitrogens is 2. The van der Waals surface area contributed by atoms with Crippen molar-refractivity contribution in [3.05, 3.63) is 264 Å². The van der Waals surface area contributed by atoms with Crippen LogP contribution in [0.3, 0.4) is 0 Å². The molecule has 2 heteroatoms. The van der Waals surface area contributed by atoms with Crippen LogP contribution in [0.1, 0.15) is 241 Å². The van der Waals surface area contributed by atoms with E-state index in [1.165, 1.54) is 273 Å². The van der Waals surface area contributed by atoms with Gasteiger partial charge in [-0.3, -0.25) is 9.97 Å². The Balaban J connectivity index is 0.978. The summed E-state index contributed by atoms with van der Waals surface area (Å²) in [5, 5.41) is 0. The lowest BCUT2D eigenvalue weighted by molar-refractivity contribution is 0.398. The Morgan fingerprint density at radius 2 is 0.520 bits per heavy atom. The first-order valence-corrected chi connectivity index (χ1v) is 40.2. The molecular weight excluding hydrogens is 1230 g/mol. The van der Waals surface area contributed by atoms with Crippen molar-refractivity contribution in [2.45, 2.75) is 232 Å². The van der Waals surface area contributed by atoms with Crippen molar-refractivity contribution >= 4 is 0 Å². The minimum atomic E-state index is -0.153. The number of hydrogen-bond acceptors (Lipinski definition) is 2. The maximum atomic E-state index is 4.97. The molecule has 9 aromatic carbocycles. The normalized spacial score (nSPS) is 13.1. The average Bonchev–Trinajstić information content (AvgIpc) is 1.56. The van der Waals surface area contributed by atoms with Crippen molar-refractivity contribution in [1.82, 2.24) is 9.97 Å². The smallest absolute Gasteiger partial charge is 0.0702 e. The van der Waals surface area contributed by atoms with E-state index in [9.17, 15) is 0 Å². The van der Waals surface area contributed by atoms with Gasteiger partial charge in [0.25, 0.3) is 0 Å². The van der Waals surface area contributed by atoms with Crippen molar-refractivity contribution < 1.29 is 0 Å². The van der Waals surface area contributed by atoms with E-state index in [4.69, 9.17) is 9.97 Å². The van der Waals surface area contributed by atoms with Gasteiger partial charge >= 0.3 is 0 Å². The van der Waals surface area contributed by atoms with Crippen molar-refractivity contribution in [3.63, 3.8) is 0 Å². The third-order valence-electron chi connectivity index (χ3n) is 23.3. The van der Waals surface area contributed by atoms with E-state index in [1.807, 2.05) is 24.5 Å². The lowest BCUT2D eigenvalue weighted by Gasteiger charge is -2.33. The molecule has 2 aromatic heterocycles. The summed E-state index contributed by atoms with van der Waals surface area (Å²) in [5.74, 6) is 0. The van der Waals surface area contributed by atoms with Crippen LogP contribution in [0.4, 0.5) is 0 Å². The number of fused-ring (bicyclic) bond motifs is 6. The molecule has 0 amide bonds. The molecule has 2 nitrogen and oxygen atoms in total. The third kappa shape index (κ3) is 16.2. The zero-order valence-electron chi connectivity index (χ0n) is 62.6. The van der Waals surface area contributed by atoms with Crippen LogP contribution in [0.25, 0.3) is 112 Å². The lowest BCUT2D eigenvalue weighted by Crippen LogP contribution is -2.25. The van der Waals surface area contributed by atoms with Crippen molar-refractivity contribution in [1.29, 1.82) is 0 Å². The number of hydrogen-bond donors (Lipinski definition) is 0. The Kier molecular flexibility index (Phi) is 24.2. The highest BCUT2D eigenvalue weighted by Crippen LogP contribution is 2.58. The average molecular weight is 1340 g/mol. The second-order valence-electron chi connectivity index (χ2n) is 30.6. The molecule has 0 radical (unpaired) electrons. The minimum absolute atomic E-state index is 0.0443. The summed E-state index contributed by atoms with van der Waals surface area (Å²) in [7, 11) is 0. The number of aryl methyl sites for hydroxylation is 2. The maximum absolute atomic E-state index is 4.97. The number of pyridine rings is 2. The molecule has 0 N–H and O–H groups in total. The molecule has 0 saturated heterocycles. The molecule has 2 heterocycles. The number of unbranched alkanes of at least 4 members (excludes halogenated alkanes) is 20. The monoisotopic (exact) mass is 1340 g/mol. The Hall–Kier alpha value is -8.72. The highest BCUT2D eigenvalue weighted by Gasteiger charge is 2.44. The van der Waals surface area contributed by atoms with Gasteiger partial charge in [0, 0.05) is 34.4 Å². The standard InChI is InChI=1S/C100H112N2/c1-7-11-15-19-23-31-55-99(56-32-24-20-16-12-8-2)93-62-74(6)47-51-89(93)90-53-49-77(71-95(90)99)81-64-82(66-83(65-81)84-67-85(97-45-29-35-59-101-97)69-86(68-84)98-46-30-36-60-102-98)78-50-54-92-91-52-48-76(75-40-38-42-80(63-75)88-44-28-27-43-87(88)79-41-37-39-73(5)61-79)70-94(91)100(96(92)72-78,57-33-25-21-17-13-9-3)58-34-26-22-18-14-10-4/h27-30,35-54,59-72H,7-26,31-34,55-58H2,1-6H3. The first-order valence-electron chi connectivity index (χ1n) is 40.2. The molecule has 0 spiro atoms. The molecule has 0 saturated carbocycles. The summed E-state index contributed by atoms with van der Waals surface area (Å²) in [5.41, 5.74) is 33.5. The zero-order valence-corrected chi connectivity index (χ0v) is 62.6. The Bertz CT molecular complexity index is 4480. The van der Waals surface area contributed by atoms with Crippen LogP contribution in [0.15, 0.2) is 231 Å². The van der Waals surface area contributed by atoms with Gasteiger partial charge in [-0.05, 0) is 236 Å². The fourth-order valence-corrected chi connectivity index (χ4v) is 17.7. The highest BCUT2D eigenvalue weighted by atomic mass is 14.7. The van der Waals surface area contributed by atoms with Crippen LogP contribution in [0, 0.1) is 13.8 Å². The van der Waals surface area contributed by atoms with Gasteiger partial charge in [0.1, 0.15) is 0 Å². The quantitative estimate of drug-likeness (QED) is 0.0366. The van der Waals surface area contributed by atoms with Crippen LogP contribution in [-0.4, -0.2) is 9.97 Å². The second-order valence-corrected chi connectivity index (χ2v) is 30.6. The highest BCUT2D eigenvalue weighted by molar-refractivity contribution is 5.92. The summed E-state index contributed by atoms with van der Waals surface area (Å²) in [4.78, 5) is 9.95. The van der Waals surface area contributed by atoms with Crippen molar-refractivity contribution in [3.8, 4) is 112 Å². The fraction of sp³-hybridized carbons (Fsp3) is 0.360. The lowest BCUT2D eigenvalue weighted by atomic mass is 9.69. The topological polar surface area (TPSA) is 25.8 Å². The maximum Gasteiger partial charge on any atom is 0.0702 e. The number of nitrogens with zero attached hydrogens (tertiary/aromatic N) is 2. The molecular formula is C100H112N2. The van der Waals surface area contributed by atoms with Crippen LogP contribution in [0.2, 0.25) is 0 Å². The second kappa shape index (κ2) is 34.5. The summed E-state index contributed by atoms with van der Waals surface area (Å²) < 4.78 is 0. The van der Waals surface area contributed by atoms with Gasteiger partial charge in [-0.25, -0.2) is 0 Å². The fourth-order valence-electron chi connectivity index (χ4n) is 17.7. The summed E-state index contributed by atoms with van der Waals surface area (Å²) in [6.45, 7) is 13.9. The zero-order chi connectivity index (χ0) is 70.1. The van der Waals surface area contributed by atoms with Crippen molar-refractivity contribution in [2.24, 2.45) is 0 Å². The van der Waals surface area contributed by atoms with Gasteiger partial charge in [0.15, 0.2) is 0 Å². The molecule has 11 aromatic rings. The largest absolute Gasteiger partial charge is 0.256 e. The van der Waals surface area contributed by atoms with E-state index < -0.39 is 0 Å².